The van der Waals surface area contributed by atoms with Crippen molar-refractivity contribution in [1.82, 2.24) is 4.90 Å². The molecule has 0 bridgehead atoms. The average Bonchev–Trinajstić information content (AvgIpc) is 2.34. The Kier molecular flexibility index (Phi) is 5.58. The van der Waals surface area contributed by atoms with E-state index in [1.165, 1.54) is 17.0 Å². The van der Waals surface area contributed by atoms with Crippen molar-refractivity contribution in [2.24, 2.45) is 0 Å². The zero-order chi connectivity index (χ0) is 13.5. The van der Waals surface area contributed by atoms with E-state index in [0.29, 0.717) is 19.6 Å². The van der Waals surface area contributed by atoms with Gasteiger partial charge in [-0.3, -0.25) is 0 Å². The highest BCUT2D eigenvalue weighted by Gasteiger charge is 2.20. The first-order valence-corrected chi connectivity index (χ1v) is 5.80. The van der Waals surface area contributed by atoms with Gasteiger partial charge in [-0.05, 0) is 31.0 Å². The van der Waals surface area contributed by atoms with Gasteiger partial charge in [-0.2, -0.15) is 0 Å². The van der Waals surface area contributed by atoms with Crippen LogP contribution < -0.4 is 0 Å². The standard InChI is InChI=1S/C13H18FNO3/c1-10(11-4-6-12(14)7-5-11)15(13(16)17)8-3-9-18-2/h4-7,10H,3,8-9H2,1-2H3,(H,16,17)/t10-/m0/s1. The zero-order valence-electron chi connectivity index (χ0n) is 10.6. The molecule has 0 aliphatic rings. The van der Waals surface area contributed by atoms with Gasteiger partial charge in [0.1, 0.15) is 5.82 Å². The van der Waals surface area contributed by atoms with Gasteiger partial charge < -0.3 is 14.7 Å². The van der Waals surface area contributed by atoms with Crippen molar-refractivity contribution < 1.29 is 19.0 Å². The van der Waals surface area contributed by atoms with Crippen LogP contribution in [0.2, 0.25) is 0 Å². The topological polar surface area (TPSA) is 49.8 Å². The number of halogens is 1. The van der Waals surface area contributed by atoms with E-state index in [1.54, 1.807) is 26.2 Å². The number of amides is 1. The number of ether oxygens (including phenoxy) is 1. The zero-order valence-corrected chi connectivity index (χ0v) is 10.6. The van der Waals surface area contributed by atoms with Crippen LogP contribution in [0.4, 0.5) is 9.18 Å². The van der Waals surface area contributed by atoms with Crippen LogP contribution in [0.1, 0.15) is 24.9 Å². The molecule has 0 radical (unpaired) electrons. The van der Waals surface area contributed by atoms with Crippen LogP contribution in [-0.2, 0) is 4.74 Å². The quantitative estimate of drug-likeness (QED) is 0.795. The molecule has 1 rings (SSSR count). The second-order valence-corrected chi connectivity index (χ2v) is 4.05. The van der Waals surface area contributed by atoms with Crippen molar-refractivity contribution in [3.8, 4) is 0 Å². The molecule has 100 valence electrons. The smallest absolute Gasteiger partial charge is 0.407 e. The normalized spacial score (nSPS) is 12.2. The number of benzene rings is 1. The van der Waals surface area contributed by atoms with E-state index in [-0.39, 0.29) is 11.9 Å². The molecule has 0 saturated carbocycles. The number of nitrogens with zero attached hydrogens (tertiary/aromatic N) is 1. The van der Waals surface area contributed by atoms with Crippen LogP contribution in [0, 0.1) is 5.82 Å². The van der Waals surface area contributed by atoms with E-state index >= 15 is 0 Å². The lowest BCUT2D eigenvalue weighted by atomic mass is 10.1. The third-order valence-electron chi connectivity index (χ3n) is 2.81. The first-order valence-electron chi connectivity index (χ1n) is 5.80. The lowest BCUT2D eigenvalue weighted by molar-refractivity contribution is 0.117. The Balaban J connectivity index is 2.72. The Morgan fingerprint density at radius 1 is 1.44 bits per heavy atom. The number of methoxy groups -OCH3 is 1. The molecule has 0 fully saturated rings. The van der Waals surface area contributed by atoms with Crippen LogP contribution in [-0.4, -0.2) is 36.4 Å². The summed E-state index contributed by atoms with van der Waals surface area (Å²) in [6.07, 6.45) is -0.350. The van der Waals surface area contributed by atoms with Gasteiger partial charge in [-0.25, -0.2) is 9.18 Å². The summed E-state index contributed by atoms with van der Waals surface area (Å²) in [6.45, 7) is 2.69. The number of carboxylic acid groups (broad SMARTS) is 1. The predicted octanol–water partition coefficient (Wildman–Crippen LogP) is 2.90. The SMILES string of the molecule is COCCCN(C(=O)O)[C@@H](C)c1ccc(F)cc1. The van der Waals surface area contributed by atoms with Gasteiger partial charge in [0.25, 0.3) is 0 Å². The Morgan fingerprint density at radius 2 is 2.06 bits per heavy atom. The van der Waals surface area contributed by atoms with Crippen LogP contribution in [0.5, 0.6) is 0 Å². The van der Waals surface area contributed by atoms with Gasteiger partial charge in [-0.15, -0.1) is 0 Å². The molecule has 0 aliphatic carbocycles. The predicted molar refractivity (Wildman–Crippen MR) is 66.0 cm³/mol. The number of hydrogen-bond donors (Lipinski definition) is 1. The van der Waals surface area contributed by atoms with Crippen molar-refractivity contribution in [2.75, 3.05) is 20.3 Å². The number of hydrogen-bond acceptors (Lipinski definition) is 2. The highest BCUT2D eigenvalue weighted by atomic mass is 19.1. The molecule has 0 heterocycles. The fourth-order valence-corrected chi connectivity index (χ4v) is 1.76. The van der Waals surface area contributed by atoms with E-state index in [0.717, 1.165) is 5.56 Å². The molecule has 1 aromatic carbocycles. The van der Waals surface area contributed by atoms with E-state index in [4.69, 9.17) is 9.84 Å². The highest BCUT2D eigenvalue weighted by molar-refractivity contribution is 5.65. The minimum absolute atomic E-state index is 0.306. The summed E-state index contributed by atoms with van der Waals surface area (Å²) in [6, 6.07) is 5.57. The first-order chi connectivity index (χ1) is 8.56. The molecule has 0 saturated heterocycles. The van der Waals surface area contributed by atoms with E-state index in [2.05, 4.69) is 0 Å². The molecule has 5 heteroatoms. The Labute approximate surface area is 106 Å². The molecular formula is C13H18FNO3. The second-order valence-electron chi connectivity index (χ2n) is 4.05. The van der Waals surface area contributed by atoms with Crippen molar-refractivity contribution in [1.29, 1.82) is 0 Å². The largest absolute Gasteiger partial charge is 0.465 e. The summed E-state index contributed by atoms with van der Waals surface area (Å²) in [4.78, 5) is 12.5. The molecule has 1 amide bonds. The van der Waals surface area contributed by atoms with Crippen LogP contribution >= 0.6 is 0 Å². The van der Waals surface area contributed by atoms with Gasteiger partial charge in [-0.1, -0.05) is 12.1 Å². The maximum absolute atomic E-state index is 12.8. The maximum Gasteiger partial charge on any atom is 0.407 e. The molecule has 1 N–H and O–H groups in total. The minimum Gasteiger partial charge on any atom is -0.465 e. The van der Waals surface area contributed by atoms with Crippen molar-refractivity contribution in [3.63, 3.8) is 0 Å². The molecule has 0 unspecified atom stereocenters. The van der Waals surface area contributed by atoms with E-state index in [1.807, 2.05) is 0 Å². The lowest BCUT2D eigenvalue weighted by Crippen LogP contribution is -2.33. The molecule has 1 atom stereocenters. The minimum atomic E-state index is -0.983. The Hall–Kier alpha value is -1.62. The van der Waals surface area contributed by atoms with Crippen molar-refractivity contribution in [3.05, 3.63) is 35.6 Å². The molecule has 4 nitrogen and oxygen atoms in total. The van der Waals surface area contributed by atoms with Gasteiger partial charge in [0.2, 0.25) is 0 Å². The monoisotopic (exact) mass is 255 g/mol. The summed E-state index contributed by atoms with van der Waals surface area (Å²) in [5.41, 5.74) is 0.774. The highest BCUT2D eigenvalue weighted by Crippen LogP contribution is 2.20. The van der Waals surface area contributed by atoms with Crippen LogP contribution in [0.3, 0.4) is 0 Å². The van der Waals surface area contributed by atoms with E-state index < -0.39 is 6.09 Å². The fourth-order valence-electron chi connectivity index (χ4n) is 1.76. The summed E-state index contributed by atoms with van der Waals surface area (Å²) >= 11 is 0. The number of rotatable bonds is 6. The maximum atomic E-state index is 12.8. The van der Waals surface area contributed by atoms with Crippen LogP contribution in [0.25, 0.3) is 0 Å². The summed E-state index contributed by atoms with van der Waals surface area (Å²) < 4.78 is 17.7. The second kappa shape index (κ2) is 6.96. The fraction of sp³-hybridized carbons (Fsp3) is 0.462. The lowest BCUT2D eigenvalue weighted by Gasteiger charge is -2.26. The molecule has 0 aliphatic heterocycles. The Bertz CT molecular complexity index is 380. The van der Waals surface area contributed by atoms with Gasteiger partial charge in [0.05, 0.1) is 6.04 Å². The first kappa shape index (κ1) is 14.4. The van der Waals surface area contributed by atoms with Gasteiger partial charge >= 0.3 is 6.09 Å². The summed E-state index contributed by atoms with van der Waals surface area (Å²) in [5.74, 6) is -0.327. The van der Waals surface area contributed by atoms with Crippen molar-refractivity contribution >= 4 is 6.09 Å². The van der Waals surface area contributed by atoms with E-state index in [9.17, 15) is 9.18 Å². The van der Waals surface area contributed by atoms with Crippen LogP contribution in [0.15, 0.2) is 24.3 Å². The summed E-state index contributed by atoms with van der Waals surface area (Å²) in [5, 5.41) is 9.17. The molecule has 0 spiro atoms. The van der Waals surface area contributed by atoms with Gasteiger partial charge in [0, 0.05) is 20.3 Å². The molecule has 0 aromatic heterocycles. The molecule has 18 heavy (non-hydrogen) atoms. The molecular weight excluding hydrogens is 237 g/mol. The average molecular weight is 255 g/mol. The van der Waals surface area contributed by atoms with Gasteiger partial charge in [0.15, 0.2) is 0 Å². The third-order valence-corrected chi connectivity index (χ3v) is 2.81. The number of carbonyl (C=O) groups is 1. The third kappa shape index (κ3) is 4.00. The van der Waals surface area contributed by atoms with Crippen molar-refractivity contribution in [2.45, 2.75) is 19.4 Å². The Morgan fingerprint density at radius 3 is 2.56 bits per heavy atom. The summed E-state index contributed by atoms with van der Waals surface area (Å²) in [7, 11) is 1.58. The molecule has 1 aromatic rings.